The van der Waals surface area contributed by atoms with Crippen molar-refractivity contribution in [1.82, 2.24) is 4.98 Å². The summed E-state index contributed by atoms with van der Waals surface area (Å²) in [4.78, 5) is 3.97. The molecular formula is C9H9N3. The highest BCUT2D eigenvalue weighted by molar-refractivity contribution is 5.93. The second-order valence-corrected chi connectivity index (χ2v) is 2.68. The molecule has 12 heavy (non-hydrogen) atoms. The van der Waals surface area contributed by atoms with Gasteiger partial charge in [0.1, 0.15) is 5.82 Å². The van der Waals surface area contributed by atoms with Crippen LogP contribution in [-0.4, -0.2) is 4.98 Å². The van der Waals surface area contributed by atoms with E-state index in [0.717, 1.165) is 16.5 Å². The van der Waals surface area contributed by atoms with Gasteiger partial charge in [0.25, 0.3) is 0 Å². The van der Waals surface area contributed by atoms with Gasteiger partial charge in [-0.05, 0) is 17.5 Å². The van der Waals surface area contributed by atoms with Crippen LogP contribution >= 0.6 is 0 Å². The third-order valence-electron chi connectivity index (χ3n) is 1.82. The van der Waals surface area contributed by atoms with Gasteiger partial charge < -0.3 is 11.5 Å². The molecule has 0 saturated heterocycles. The van der Waals surface area contributed by atoms with Gasteiger partial charge in [-0.15, -0.1) is 0 Å². The molecule has 0 saturated carbocycles. The fourth-order valence-corrected chi connectivity index (χ4v) is 1.21. The molecule has 0 spiro atoms. The Morgan fingerprint density at radius 1 is 1.17 bits per heavy atom. The van der Waals surface area contributed by atoms with Crippen molar-refractivity contribution in [2.75, 3.05) is 11.5 Å². The average molecular weight is 159 g/mol. The first-order chi connectivity index (χ1) is 5.77. The van der Waals surface area contributed by atoms with Crippen LogP contribution in [0, 0.1) is 0 Å². The zero-order valence-corrected chi connectivity index (χ0v) is 6.49. The van der Waals surface area contributed by atoms with Gasteiger partial charge in [-0.1, -0.05) is 12.1 Å². The number of aromatic nitrogens is 1. The monoisotopic (exact) mass is 159 g/mol. The van der Waals surface area contributed by atoms with E-state index in [1.54, 1.807) is 6.20 Å². The van der Waals surface area contributed by atoms with E-state index in [4.69, 9.17) is 11.5 Å². The fraction of sp³-hybridized carbons (Fsp3) is 0. The number of hydrogen-bond acceptors (Lipinski definition) is 3. The quantitative estimate of drug-likeness (QED) is 0.571. The number of benzene rings is 1. The Bertz CT molecular complexity index is 423. The van der Waals surface area contributed by atoms with Gasteiger partial charge in [-0.25, -0.2) is 4.98 Å². The number of nitrogens with zero attached hydrogens (tertiary/aromatic N) is 1. The molecule has 1 aromatic carbocycles. The minimum absolute atomic E-state index is 0.521. The van der Waals surface area contributed by atoms with Crippen LogP contribution in [0.3, 0.4) is 0 Å². The SMILES string of the molecule is Nc1cc2cccc(N)c2cn1. The van der Waals surface area contributed by atoms with E-state index in [9.17, 15) is 0 Å². The number of pyridine rings is 1. The van der Waals surface area contributed by atoms with Crippen molar-refractivity contribution in [3.63, 3.8) is 0 Å². The number of hydrogen-bond donors (Lipinski definition) is 2. The minimum atomic E-state index is 0.521. The summed E-state index contributed by atoms with van der Waals surface area (Å²) in [7, 11) is 0. The first-order valence-electron chi connectivity index (χ1n) is 3.67. The molecule has 0 fully saturated rings. The highest BCUT2D eigenvalue weighted by atomic mass is 14.8. The van der Waals surface area contributed by atoms with Crippen molar-refractivity contribution in [2.24, 2.45) is 0 Å². The number of nitrogen functional groups attached to an aromatic ring is 2. The Labute approximate surface area is 70.0 Å². The average Bonchev–Trinajstić information content (AvgIpc) is 2.04. The lowest BCUT2D eigenvalue weighted by Crippen LogP contribution is -1.91. The highest BCUT2D eigenvalue weighted by Gasteiger charge is 1.96. The summed E-state index contributed by atoms with van der Waals surface area (Å²) in [5.41, 5.74) is 12.0. The van der Waals surface area contributed by atoms with E-state index in [1.807, 2.05) is 24.3 Å². The van der Waals surface area contributed by atoms with Crippen LogP contribution in [0.2, 0.25) is 0 Å². The van der Waals surface area contributed by atoms with Gasteiger partial charge in [0.05, 0.1) is 0 Å². The smallest absolute Gasteiger partial charge is 0.123 e. The second-order valence-electron chi connectivity index (χ2n) is 2.68. The van der Waals surface area contributed by atoms with Crippen molar-refractivity contribution in [3.05, 3.63) is 30.5 Å². The van der Waals surface area contributed by atoms with Gasteiger partial charge in [0, 0.05) is 17.3 Å². The largest absolute Gasteiger partial charge is 0.398 e. The second kappa shape index (κ2) is 2.37. The van der Waals surface area contributed by atoms with Crippen LogP contribution in [0.15, 0.2) is 30.5 Å². The zero-order chi connectivity index (χ0) is 8.55. The third kappa shape index (κ3) is 0.955. The summed E-state index contributed by atoms with van der Waals surface area (Å²) >= 11 is 0. The Morgan fingerprint density at radius 3 is 2.83 bits per heavy atom. The molecule has 0 amide bonds. The van der Waals surface area contributed by atoms with Crippen molar-refractivity contribution < 1.29 is 0 Å². The maximum Gasteiger partial charge on any atom is 0.123 e. The zero-order valence-electron chi connectivity index (χ0n) is 6.49. The van der Waals surface area contributed by atoms with Crippen molar-refractivity contribution >= 4 is 22.3 Å². The number of nitrogens with two attached hydrogens (primary N) is 2. The van der Waals surface area contributed by atoms with E-state index in [-0.39, 0.29) is 0 Å². The molecule has 0 aliphatic heterocycles. The van der Waals surface area contributed by atoms with Crippen molar-refractivity contribution in [2.45, 2.75) is 0 Å². The predicted molar refractivity (Wildman–Crippen MR) is 50.6 cm³/mol. The van der Waals surface area contributed by atoms with Crippen molar-refractivity contribution in [3.8, 4) is 0 Å². The summed E-state index contributed by atoms with van der Waals surface area (Å²) in [5.74, 6) is 0.521. The Kier molecular flexibility index (Phi) is 1.37. The van der Waals surface area contributed by atoms with Gasteiger partial charge in [0.15, 0.2) is 0 Å². The highest BCUT2D eigenvalue weighted by Crippen LogP contribution is 2.20. The molecule has 2 aromatic rings. The summed E-state index contributed by atoms with van der Waals surface area (Å²) in [6.45, 7) is 0. The molecule has 3 heteroatoms. The molecular weight excluding hydrogens is 150 g/mol. The van der Waals surface area contributed by atoms with E-state index in [2.05, 4.69) is 4.98 Å². The molecule has 0 aliphatic rings. The third-order valence-corrected chi connectivity index (χ3v) is 1.82. The fourth-order valence-electron chi connectivity index (χ4n) is 1.21. The normalized spacial score (nSPS) is 10.3. The van der Waals surface area contributed by atoms with Crippen LogP contribution in [0.4, 0.5) is 11.5 Å². The Morgan fingerprint density at radius 2 is 2.00 bits per heavy atom. The molecule has 0 unspecified atom stereocenters. The molecule has 0 bridgehead atoms. The van der Waals surface area contributed by atoms with E-state index in [1.165, 1.54) is 0 Å². The van der Waals surface area contributed by atoms with Gasteiger partial charge in [-0.3, -0.25) is 0 Å². The van der Waals surface area contributed by atoms with Gasteiger partial charge >= 0.3 is 0 Å². The lowest BCUT2D eigenvalue weighted by atomic mass is 10.1. The molecule has 4 N–H and O–H groups in total. The molecule has 60 valence electrons. The molecule has 1 aromatic heterocycles. The number of fused-ring (bicyclic) bond motifs is 1. The van der Waals surface area contributed by atoms with E-state index < -0.39 is 0 Å². The Hall–Kier alpha value is -1.77. The maximum absolute atomic E-state index is 5.73. The van der Waals surface area contributed by atoms with Crippen LogP contribution in [0.1, 0.15) is 0 Å². The van der Waals surface area contributed by atoms with Crippen LogP contribution in [-0.2, 0) is 0 Å². The predicted octanol–water partition coefficient (Wildman–Crippen LogP) is 1.40. The standard InChI is InChI=1S/C9H9N3/c10-8-3-1-2-6-4-9(11)12-5-7(6)8/h1-5H,10H2,(H2,11,12). The van der Waals surface area contributed by atoms with Gasteiger partial charge in [0.2, 0.25) is 0 Å². The summed E-state index contributed by atoms with van der Waals surface area (Å²) < 4.78 is 0. The van der Waals surface area contributed by atoms with Crippen LogP contribution < -0.4 is 11.5 Å². The van der Waals surface area contributed by atoms with Crippen molar-refractivity contribution in [1.29, 1.82) is 0 Å². The van der Waals surface area contributed by atoms with Crippen LogP contribution in [0.5, 0.6) is 0 Å². The Balaban J connectivity index is 2.86. The molecule has 2 rings (SSSR count). The molecule has 0 atom stereocenters. The first-order valence-corrected chi connectivity index (χ1v) is 3.67. The number of anilines is 2. The van der Waals surface area contributed by atoms with Gasteiger partial charge in [-0.2, -0.15) is 0 Å². The molecule has 1 heterocycles. The lowest BCUT2D eigenvalue weighted by Gasteiger charge is -2.00. The summed E-state index contributed by atoms with van der Waals surface area (Å²) in [5, 5.41) is 1.98. The molecule has 0 radical (unpaired) electrons. The first kappa shape index (κ1) is 6.91. The number of rotatable bonds is 0. The maximum atomic E-state index is 5.73. The summed E-state index contributed by atoms with van der Waals surface area (Å²) in [6, 6.07) is 7.52. The molecule has 0 aliphatic carbocycles. The summed E-state index contributed by atoms with van der Waals surface area (Å²) in [6.07, 6.45) is 1.69. The topological polar surface area (TPSA) is 64.9 Å². The lowest BCUT2D eigenvalue weighted by molar-refractivity contribution is 1.37. The molecule has 3 nitrogen and oxygen atoms in total. The van der Waals surface area contributed by atoms with E-state index >= 15 is 0 Å². The van der Waals surface area contributed by atoms with Crippen LogP contribution in [0.25, 0.3) is 10.8 Å². The minimum Gasteiger partial charge on any atom is -0.398 e. The van der Waals surface area contributed by atoms with E-state index in [0.29, 0.717) is 5.82 Å².